The predicted molar refractivity (Wildman–Crippen MR) is 80.3 cm³/mol. The van der Waals surface area contributed by atoms with Gasteiger partial charge in [-0.1, -0.05) is 32.1 Å². The number of aliphatic hydroxyl groups excluding tert-OH is 1. The summed E-state index contributed by atoms with van der Waals surface area (Å²) in [5.74, 6) is 0.769. The molecule has 4 nitrogen and oxygen atoms in total. The summed E-state index contributed by atoms with van der Waals surface area (Å²) in [5.41, 5.74) is -0.502. The maximum atomic E-state index is 11.4. The number of alkyl carbamates (subject to hydrolysis) is 1. The highest BCUT2D eigenvalue weighted by Crippen LogP contribution is 2.27. The van der Waals surface area contributed by atoms with E-state index in [4.69, 9.17) is 4.74 Å². The van der Waals surface area contributed by atoms with Crippen LogP contribution < -0.4 is 5.32 Å². The number of rotatable bonds is 5. The van der Waals surface area contributed by atoms with Gasteiger partial charge in [-0.15, -0.1) is 0 Å². The van der Waals surface area contributed by atoms with Crippen LogP contribution in [0.5, 0.6) is 0 Å². The maximum Gasteiger partial charge on any atom is 0.411 e. The monoisotopic (exact) mass is 283 g/mol. The second-order valence-electron chi connectivity index (χ2n) is 6.65. The zero-order valence-corrected chi connectivity index (χ0v) is 13.0. The fraction of sp³-hybridized carbons (Fsp3) is 0.812. The molecule has 20 heavy (non-hydrogen) atoms. The zero-order chi connectivity index (χ0) is 15.0. The van der Waals surface area contributed by atoms with Crippen LogP contribution in [0.3, 0.4) is 0 Å². The highest BCUT2D eigenvalue weighted by atomic mass is 16.6. The molecule has 0 unspecified atom stereocenters. The molecule has 0 radical (unpaired) electrons. The average molecular weight is 283 g/mol. The molecule has 0 aromatic carbocycles. The molecule has 2 N–H and O–H groups in total. The Bertz CT molecular complexity index is 314. The molecule has 1 amide bonds. The Balaban J connectivity index is 2.15. The van der Waals surface area contributed by atoms with Gasteiger partial charge in [0.2, 0.25) is 0 Å². The van der Waals surface area contributed by atoms with Gasteiger partial charge in [-0.3, -0.25) is 5.32 Å². The summed E-state index contributed by atoms with van der Waals surface area (Å²) in [6.45, 7) is 5.44. The van der Waals surface area contributed by atoms with E-state index in [1.807, 2.05) is 20.8 Å². The van der Waals surface area contributed by atoms with Crippen LogP contribution in [-0.2, 0) is 4.74 Å². The molecule has 1 aliphatic carbocycles. The lowest BCUT2D eigenvalue weighted by Gasteiger charge is -2.22. The summed E-state index contributed by atoms with van der Waals surface area (Å²) in [6, 6.07) is 0. The molecule has 0 heterocycles. The Labute approximate surface area is 122 Å². The maximum absolute atomic E-state index is 11.4. The van der Waals surface area contributed by atoms with E-state index < -0.39 is 17.8 Å². The standard InChI is InChI=1S/C16H29NO3/c1-16(2,3)20-15(19)17-12-11-14(18)10-9-13-7-5-4-6-8-13/h11-14,18H,4-10H2,1-3H3,(H,17,19)/t14-/m0/s1. The van der Waals surface area contributed by atoms with Crippen molar-refractivity contribution in [3.05, 3.63) is 12.3 Å². The normalized spacial score (nSPS) is 19.0. The zero-order valence-electron chi connectivity index (χ0n) is 13.0. The molecule has 0 spiro atoms. The number of carbonyl (C=O) groups is 1. The van der Waals surface area contributed by atoms with Gasteiger partial charge in [0, 0.05) is 6.20 Å². The molecule has 0 aliphatic heterocycles. The van der Waals surface area contributed by atoms with Crippen LogP contribution in [0.2, 0.25) is 0 Å². The Morgan fingerprint density at radius 2 is 2.00 bits per heavy atom. The lowest BCUT2D eigenvalue weighted by atomic mass is 9.85. The molecule has 0 bridgehead atoms. The molecule has 0 aromatic heterocycles. The number of ether oxygens (including phenoxy) is 1. The van der Waals surface area contributed by atoms with E-state index in [0.717, 1.165) is 18.8 Å². The third-order valence-corrected chi connectivity index (χ3v) is 3.51. The Morgan fingerprint density at radius 1 is 1.35 bits per heavy atom. The highest BCUT2D eigenvalue weighted by molar-refractivity contribution is 5.68. The summed E-state index contributed by atoms with van der Waals surface area (Å²) in [7, 11) is 0. The smallest absolute Gasteiger partial charge is 0.411 e. The average Bonchev–Trinajstić information content (AvgIpc) is 2.35. The number of nitrogens with one attached hydrogen (secondary N) is 1. The van der Waals surface area contributed by atoms with Crippen molar-refractivity contribution in [1.82, 2.24) is 5.32 Å². The molecular formula is C16H29NO3. The van der Waals surface area contributed by atoms with Crippen LogP contribution in [-0.4, -0.2) is 22.9 Å². The van der Waals surface area contributed by atoms with Gasteiger partial charge in [0.25, 0.3) is 0 Å². The first kappa shape index (κ1) is 17.0. The van der Waals surface area contributed by atoms with Crippen LogP contribution >= 0.6 is 0 Å². The van der Waals surface area contributed by atoms with Gasteiger partial charge in [0.05, 0.1) is 6.10 Å². The minimum absolute atomic E-state index is 0.492. The fourth-order valence-electron chi connectivity index (χ4n) is 2.51. The quantitative estimate of drug-likeness (QED) is 0.808. The van der Waals surface area contributed by atoms with Crippen molar-refractivity contribution in [3.63, 3.8) is 0 Å². The lowest BCUT2D eigenvalue weighted by Crippen LogP contribution is -2.29. The lowest BCUT2D eigenvalue weighted by molar-refractivity contribution is 0.0552. The molecule has 1 rings (SSSR count). The van der Waals surface area contributed by atoms with Crippen LogP contribution in [0, 0.1) is 5.92 Å². The van der Waals surface area contributed by atoms with Crippen molar-refractivity contribution >= 4 is 6.09 Å². The summed E-state index contributed by atoms with van der Waals surface area (Å²) in [5, 5.41) is 12.4. The minimum Gasteiger partial charge on any atom is -0.444 e. The third kappa shape index (κ3) is 8.20. The topological polar surface area (TPSA) is 58.6 Å². The summed E-state index contributed by atoms with van der Waals surface area (Å²) >= 11 is 0. The van der Waals surface area contributed by atoms with Crippen molar-refractivity contribution in [2.24, 2.45) is 5.92 Å². The molecule has 0 aromatic rings. The molecule has 0 saturated heterocycles. The first-order chi connectivity index (χ1) is 9.37. The first-order valence-electron chi connectivity index (χ1n) is 7.71. The highest BCUT2D eigenvalue weighted by Gasteiger charge is 2.16. The molecule has 116 valence electrons. The van der Waals surface area contributed by atoms with E-state index in [0.29, 0.717) is 0 Å². The molecule has 1 saturated carbocycles. The van der Waals surface area contributed by atoms with Gasteiger partial charge in [-0.2, -0.15) is 0 Å². The van der Waals surface area contributed by atoms with Gasteiger partial charge in [-0.25, -0.2) is 4.79 Å². The number of aliphatic hydroxyl groups is 1. The molecular weight excluding hydrogens is 254 g/mol. The number of hydrogen-bond donors (Lipinski definition) is 2. The van der Waals surface area contributed by atoms with Gasteiger partial charge >= 0.3 is 6.09 Å². The first-order valence-corrected chi connectivity index (χ1v) is 7.71. The van der Waals surface area contributed by atoms with Crippen molar-refractivity contribution in [2.75, 3.05) is 0 Å². The fourth-order valence-corrected chi connectivity index (χ4v) is 2.51. The van der Waals surface area contributed by atoms with Crippen molar-refractivity contribution < 1.29 is 14.6 Å². The molecule has 1 atom stereocenters. The van der Waals surface area contributed by atoms with E-state index in [-0.39, 0.29) is 0 Å². The van der Waals surface area contributed by atoms with E-state index in [1.54, 1.807) is 6.08 Å². The molecule has 1 aliphatic rings. The van der Waals surface area contributed by atoms with Gasteiger partial charge in [0.1, 0.15) is 5.60 Å². The van der Waals surface area contributed by atoms with E-state index in [9.17, 15) is 9.90 Å². The van der Waals surface area contributed by atoms with Gasteiger partial charge < -0.3 is 9.84 Å². The van der Waals surface area contributed by atoms with Crippen LogP contribution in [0.4, 0.5) is 4.79 Å². The number of hydrogen-bond acceptors (Lipinski definition) is 3. The third-order valence-electron chi connectivity index (χ3n) is 3.51. The van der Waals surface area contributed by atoms with Crippen LogP contribution in [0.15, 0.2) is 12.3 Å². The van der Waals surface area contributed by atoms with Gasteiger partial charge in [0.15, 0.2) is 0 Å². The van der Waals surface area contributed by atoms with Gasteiger partial charge in [-0.05, 0) is 45.6 Å². The van der Waals surface area contributed by atoms with Crippen LogP contribution in [0.1, 0.15) is 65.7 Å². The van der Waals surface area contributed by atoms with E-state index in [2.05, 4.69) is 5.32 Å². The number of carbonyl (C=O) groups excluding carboxylic acids is 1. The second-order valence-corrected chi connectivity index (χ2v) is 6.65. The van der Waals surface area contributed by atoms with Crippen molar-refractivity contribution in [3.8, 4) is 0 Å². The van der Waals surface area contributed by atoms with E-state index in [1.165, 1.54) is 38.3 Å². The SMILES string of the molecule is CC(C)(C)OC(=O)NC=C[C@@H](O)CCC1CCCCC1. The summed E-state index contributed by atoms with van der Waals surface area (Å²) < 4.78 is 5.09. The Kier molecular flexibility index (Phi) is 7.06. The minimum atomic E-state index is -0.502. The van der Waals surface area contributed by atoms with Crippen LogP contribution in [0.25, 0.3) is 0 Å². The number of amides is 1. The van der Waals surface area contributed by atoms with Crippen molar-refractivity contribution in [1.29, 1.82) is 0 Å². The summed E-state index contributed by atoms with van der Waals surface area (Å²) in [6.07, 6.45) is 10.5. The van der Waals surface area contributed by atoms with Crippen molar-refractivity contribution in [2.45, 2.75) is 77.4 Å². The molecule has 1 fully saturated rings. The largest absolute Gasteiger partial charge is 0.444 e. The predicted octanol–water partition coefficient (Wildman–Crippen LogP) is 3.75. The Morgan fingerprint density at radius 3 is 2.60 bits per heavy atom. The summed E-state index contributed by atoms with van der Waals surface area (Å²) in [4.78, 5) is 11.4. The van der Waals surface area contributed by atoms with E-state index >= 15 is 0 Å². The molecule has 4 heteroatoms. The Hall–Kier alpha value is -1.03. The second kappa shape index (κ2) is 8.30.